The second-order valence-corrected chi connectivity index (χ2v) is 6.18. The molecule has 1 aliphatic rings. The minimum absolute atomic E-state index is 0.174. The molecular formula is C17H22N4O5. The predicted molar refractivity (Wildman–Crippen MR) is 90.3 cm³/mol. The Balaban J connectivity index is 1.75. The highest BCUT2D eigenvalue weighted by atomic mass is 16.5. The van der Waals surface area contributed by atoms with E-state index in [4.69, 9.17) is 14.2 Å². The maximum atomic E-state index is 11.7. The summed E-state index contributed by atoms with van der Waals surface area (Å²) in [7, 11) is 3.08. The van der Waals surface area contributed by atoms with Crippen molar-refractivity contribution in [3.63, 3.8) is 0 Å². The van der Waals surface area contributed by atoms with Crippen LogP contribution in [0, 0.1) is 12.8 Å². The Kier molecular flexibility index (Phi) is 5.48. The number of hydrogen-bond donors (Lipinski definition) is 1. The molecule has 0 aromatic carbocycles. The molecule has 1 aliphatic heterocycles. The molecule has 2 aromatic rings. The summed E-state index contributed by atoms with van der Waals surface area (Å²) in [5, 5.41) is 17.5. The van der Waals surface area contributed by atoms with Gasteiger partial charge in [-0.2, -0.15) is 0 Å². The number of hydrogen-bond acceptors (Lipinski definition) is 8. The lowest BCUT2D eigenvalue weighted by atomic mass is 10.0. The monoisotopic (exact) mass is 362 g/mol. The molecule has 0 radical (unpaired) electrons. The highest BCUT2D eigenvalue weighted by Gasteiger charge is 2.30. The average Bonchev–Trinajstić information content (AvgIpc) is 3.03. The third-order valence-electron chi connectivity index (χ3n) is 4.37. The molecule has 3 heterocycles. The van der Waals surface area contributed by atoms with Crippen molar-refractivity contribution in [1.82, 2.24) is 20.0 Å². The van der Waals surface area contributed by atoms with Crippen LogP contribution in [0.1, 0.15) is 17.8 Å². The van der Waals surface area contributed by atoms with Crippen LogP contribution in [0.2, 0.25) is 0 Å². The molecule has 0 bridgehead atoms. The summed E-state index contributed by atoms with van der Waals surface area (Å²) >= 11 is 0. The highest BCUT2D eigenvalue weighted by molar-refractivity contribution is 5.72. The Labute approximate surface area is 150 Å². The number of pyridine rings is 1. The zero-order valence-electron chi connectivity index (χ0n) is 15.0. The van der Waals surface area contributed by atoms with Gasteiger partial charge >= 0.3 is 5.97 Å². The first kappa shape index (κ1) is 18.3. The lowest BCUT2D eigenvalue weighted by Gasteiger charge is -2.28. The van der Waals surface area contributed by atoms with Gasteiger partial charge in [-0.15, -0.1) is 5.10 Å². The van der Waals surface area contributed by atoms with E-state index in [0.29, 0.717) is 48.2 Å². The molecule has 140 valence electrons. The van der Waals surface area contributed by atoms with Crippen LogP contribution in [0.3, 0.4) is 0 Å². The van der Waals surface area contributed by atoms with Crippen LogP contribution < -0.4 is 4.74 Å². The molecule has 0 unspecified atom stereocenters. The van der Waals surface area contributed by atoms with Crippen LogP contribution in [0.4, 0.5) is 0 Å². The van der Waals surface area contributed by atoms with Crippen molar-refractivity contribution in [3.05, 3.63) is 23.5 Å². The number of aliphatic hydroxyl groups is 1. The van der Waals surface area contributed by atoms with Crippen LogP contribution in [-0.2, 0) is 27.9 Å². The molecule has 0 spiro atoms. The van der Waals surface area contributed by atoms with Crippen molar-refractivity contribution in [1.29, 1.82) is 0 Å². The number of aliphatic hydroxyl groups excluding tert-OH is 1. The fraction of sp³-hybridized carbons (Fsp3) is 0.529. The first-order valence-corrected chi connectivity index (χ1v) is 8.33. The van der Waals surface area contributed by atoms with Crippen molar-refractivity contribution in [2.24, 2.45) is 13.0 Å². The summed E-state index contributed by atoms with van der Waals surface area (Å²) in [6.45, 7) is 2.41. The highest BCUT2D eigenvalue weighted by Crippen LogP contribution is 2.27. The van der Waals surface area contributed by atoms with Crippen LogP contribution in [-0.4, -0.2) is 57.5 Å². The van der Waals surface area contributed by atoms with E-state index in [9.17, 15) is 9.90 Å². The van der Waals surface area contributed by atoms with Crippen molar-refractivity contribution >= 4 is 5.97 Å². The van der Waals surface area contributed by atoms with E-state index >= 15 is 0 Å². The topological polar surface area (TPSA) is 109 Å². The number of carbonyl (C=O) groups is 1. The number of nitrogens with zero attached hydrogens (tertiary/aromatic N) is 4. The van der Waals surface area contributed by atoms with Gasteiger partial charge in [-0.3, -0.25) is 4.79 Å². The van der Waals surface area contributed by atoms with E-state index in [0.717, 1.165) is 0 Å². The molecule has 1 N–H and O–H groups in total. The van der Waals surface area contributed by atoms with Crippen LogP contribution >= 0.6 is 0 Å². The van der Waals surface area contributed by atoms with Gasteiger partial charge in [0.1, 0.15) is 17.5 Å². The average molecular weight is 362 g/mol. The molecule has 2 aromatic heterocycles. The van der Waals surface area contributed by atoms with Gasteiger partial charge in [-0.05, 0) is 19.1 Å². The number of carbonyl (C=O) groups excluding carboxylic acids is 1. The number of ether oxygens (including phenoxy) is 3. The van der Waals surface area contributed by atoms with Crippen molar-refractivity contribution in [2.45, 2.75) is 26.1 Å². The first-order valence-electron chi connectivity index (χ1n) is 8.33. The molecule has 9 nitrogen and oxygen atoms in total. The lowest BCUT2D eigenvalue weighted by Crippen LogP contribution is -2.37. The number of aryl methyl sites for hydroxylation is 2. The normalized spacial score (nSPS) is 20.0. The van der Waals surface area contributed by atoms with Crippen LogP contribution in [0.25, 0.3) is 11.4 Å². The van der Waals surface area contributed by atoms with E-state index in [1.165, 1.54) is 11.8 Å². The molecule has 3 rings (SSSR count). The van der Waals surface area contributed by atoms with Crippen molar-refractivity contribution in [2.75, 3.05) is 20.3 Å². The zero-order valence-corrected chi connectivity index (χ0v) is 15.0. The standard InChI is InChI=1S/C17H22N4O5/c1-10-15(26-12-6-11(8-25-9-12)17(23)24-3)5-4-13(18-10)16-14(7-22)21(2)20-19-16/h4-5,11-12,22H,6-9H2,1-3H3/t11-,12-/m0/s1. The lowest BCUT2D eigenvalue weighted by molar-refractivity contribution is -0.152. The predicted octanol–water partition coefficient (Wildman–Crippen LogP) is 0.635. The molecule has 0 saturated carbocycles. The number of aromatic nitrogens is 4. The summed E-state index contributed by atoms with van der Waals surface area (Å²) in [5.74, 6) is 0.00276. The zero-order chi connectivity index (χ0) is 18.7. The Morgan fingerprint density at radius 2 is 2.23 bits per heavy atom. The van der Waals surface area contributed by atoms with Crippen LogP contribution in [0.5, 0.6) is 5.75 Å². The third-order valence-corrected chi connectivity index (χ3v) is 4.37. The van der Waals surface area contributed by atoms with Gasteiger partial charge < -0.3 is 19.3 Å². The van der Waals surface area contributed by atoms with E-state index in [1.807, 2.05) is 6.92 Å². The smallest absolute Gasteiger partial charge is 0.311 e. The number of esters is 1. The fourth-order valence-corrected chi connectivity index (χ4v) is 2.95. The third kappa shape index (κ3) is 3.68. The maximum absolute atomic E-state index is 11.7. The summed E-state index contributed by atoms with van der Waals surface area (Å²) in [4.78, 5) is 16.2. The minimum Gasteiger partial charge on any atom is -0.486 e. The van der Waals surface area contributed by atoms with Crippen LogP contribution in [0.15, 0.2) is 12.1 Å². The van der Waals surface area contributed by atoms with Gasteiger partial charge in [0.15, 0.2) is 0 Å². The van der Waals surface area contributed by atoms with E-state index in [1.54, 1.807) is 19.2 Å². The number of rotatable bonds is 5. The van der Waals surface area contributed by atoms with E-state index < -0.39 is 0 Å². The second kappa shape index (κ2) is 7.79. The van der Waals surface area contributed by atoms with E-state index in [-0.39, 0.29) is 24.6 Å². The second-order valence-electron chi connectivity index (χ2n) is 6.18. The summed E-state index contributed by atoms with van der Waals surface area (Å²) in [6, 6.07) is 3.57. The van der Waals surface area contributed by atoms with Gasteiger partial charge in [0.2, 0.25) is 0 Å². The van der Waals surface area contributed by atoms with E-state index in [2.05, 4.69) is 15.3 Å². The summed E-state index contributed by atoms with van der Waals surface area (Å²) < 4.78 is 17.7. The van der Waals surface area contributed by atoms with Gasteiger partial charge in [0.05, 0.1) is 49.9 Å². The molecule has 9 heteroatoms. The van der Waals surface area contributed by atoms with Crippen molar-refractivity contribution in [3.8, 4) is 17.1 Å². The minimum atomic E-state index is -0.321. The van der Waals surface area contributed by atoms with Gasteiger partial charge in [-0.1, -0.05) is 5.21 Å². The van der Waals surface area contributed by atoms with Crippen molar-refractivity contribution < 1.29 is 24.1 Å². The summed E-state index contributed by atoms with van der Waals surface area (Å²) in [6.07, 6.45) is 0.288. The van der Waals surface area contributed by atoms with Gasteiger partial charge in [0, 0.05) is 13.5 Å². The van der Waals surface area contributed by atoms with Gasteiger partial charge in [-0.25, -0.2) is 9.67 Å². The molecule has 1 saturated heterocycles. The fourth-order valence-electron chi connectivity index (χ4n) is 2.95. The summed E-state index contributed by atoms with van der Waals surface area (Å²) in [5.41, 5.74) is 2.42. The molecule has 26 heavy (non-hydrogen) atoms. The van der Waals surface area contributed by atoms with Gasteiger partial charge in [0.25, 0.3) is 0 Å². The Morgan fingerprint density at radius 1 is 1.42 bits per heavy atom. The largest absolute Gasteiger partial charge is 0.486 e. The molecular weight excluding hydrogens is 340 g/mol. The Morgan fingerprint density at radius 3 is 2.92 bits per heavy atom. The molecule has 1 fully saturated rings. The quantitative estimate of drug-likeness (QED) is 0.772. The maximum Gasteiger partial charge on any atom is 0.311 e. The molecule has 0 aliphatic carbocycles. The molecule has 0 amide bonds. The number of methoxy groups -OCH3 is 1. The Hall–Kier alpha value is -2.52. The molecule has 2 atom stereocenters. The SMILES string of the molecule is COC(=O)[C@@H]1COC[C@@H](Oc2ccc(-c3nnn(C)c3CO)nc2C)C1. The Bertz CT molecular complexity index is 791. The first-order chi connectivity index (χ1) is 12.5.